The van der Waals surface area contributed by atoms with Crippen molar-refractivity contribution in [2.45, 2.75) is 71.6 Å². The number of allylic oxidation sites excluding steroid dienone is 8. The Hall–Kier alpha value is -7.29. The number of benzene rings is 8. The molecule has 0 saturated heterocycles. The third-order valence-electron chi connectivity index (χ3n) is 17.6. The molecule has 8 aromatic carbocycles. The van der Waals surface area contributed by atoms with E-state index in [0.29, 0.717) is 0 Å². The van der Waals surface area contributed by atoms with E-state index in [9.17, 15) is 0 Å². The molecule has 4 heteroatoms. The molecule has 2 aromatic heterocycles. The summed E-state index contributed by atoms with van der Waals surface area (Å²) in [6.07, 6.45) is 17.6. The average Bonchev–Trinajstić information content (AvgIpc) is 2.96. The van der Waals surface area contributed by atoms with Crippen molar-refractivity contribution in [1.29, 1.82) is 0 Å². The van der Waals surface area contributed by atoms with Crippen LogP contribution in [0.15, 0.2) is 259 Å². The van der Waals surface area contributed by atoms with Gasteiger partial charge < -0.3 is 0 Å². The van der Waals surface area contributed by atoms with E-state index in [-0.39, 0.29) is 0 Å². The van der Waals surface area contributed by atoms with Crippen LogP contribution < -0.4 is 15.9 Å². The van der Waals surface area contributed by atoms with Gasteiger partial charge in [-0.15, -0.1) is 11.3 Å². The molecule has 0 nitrogen and oxygen atoms in total. The summed E-state index contributed by atoms with van der Waals surface area (Å²) >= 11 is 5.75. The van der Waals surface area contributed by atoms with Crippen molar-refractivity contribution in [2.75, 3.05) is 0 Å². The standard InChI is InChI=1S/C78H65PS2.Os/c1-8-20-67-48-73-75(80-67)69-50-72-70(51-71(69)77(73,60-38-29-52(3)30-39-60)61-40-31-53(4)32-41-61)76-74(78(72,62-42-33-54(5)34-43-62)63-44-35-55(6)36-45-63)49-68(81-76)46-37-58(47-59-22-19-21-57(59)9-2)56(7)79(64-23-13-10-14-24-64,65-25-15-11-16-26-65)66-27-17-12-18-28-66;/h8-18,20,23-51H,19,21-22H2,1-6H3;/q+1;/b20-8+,46-37+,57-9?,58-56?,59-47?;. The van der Waals surface area contributed by atoms with Gasteiger partial charge in [0.05, 0.1) is 0 Å². The van der Waals surface area contributed by atoms with Gasteiger partial charge in [-0.25, -0.2) is 0 Å². The van der Waals surface area contributed by atoms with Crippen LogP contribution in [0.25, 0.3) is 33.0 Å². The van der Waals surface area contributed by atoms with Gasteiger partial charge in [-0.1, -0.05) is 76.9 Å². The molecule has 0 atom stereocenters. The Labute approximate surface area is 504 Å². The quantitative estimate of drug-likeness (QED) is 0.0845. The van der Waals surface area contributed by atoms with Gasteiger partial charge in [-0.2, -0.15) is 0 Å². The molecule has 82 heavy (non-hydrogen) atoms. The summed E-state index contributed by atoms with van der Waals surface area (Å²) in [5, 5.41) is 5.23. The molecule has 0 unspecified atom stereocenters. The zero-order valence-corrected chi connectivity index (χ0v) is 52.5. The fraction of sp³-hybridized carbons (Fsp3) is 0.141. The zero-order chi connectivity index (χ0) is 56.2. The topological polar surface area (TPSA) is 0 Å². The third-order valence-corrected chi connectivity index (χ3v) is 25.2. The Kier molecular flexibility index (Phi) is 14.6. The van der Waals surface area contributed by atoms with Crippen molar-refractivity contribution >= 4 is 58.0 Å². The minimum absolute atomic E-state index is 0.550. The molecule has 1 saturated carbocycles. The van der Waals surface area contributed by atoms with Crippen LogP contribution in [0.5, 0.6) is 0 Å². The van der Waals surface area contributed by atoms with Crippen molar-refractivity contribution in [1.82, 2.24) is 0 Å². The Morgan fingerprint density at radius 3 is 1.21 bits per heavy atom. The van der Waals surface area contributed by atoms with Gasteiger partial charge in [0.25, 0.3) is 0 Å². The van der Waals surface area contributed by atoms with E-state index in [1.807, 2.05) is 40.6 Å². The number of aryl methyl sites for hydroxylation is 4. The van der Waals surface area contributed by atoms with Gasteiger partial charge >= 0.3 is 347 Å². The second kappa shape index (κ2) is 22.1. The second-order valence-electron chi connectivity index (χ2n) is 22.4. The Bertz CT molecular complexity index is 4070. The van der Waals surface area contributed by atoms with Gasteiger partial charge in [-0.05, 0) is 63.5 Å². The van der Waals surface area contributed by atoms with Crippen LogP contribution in [0.1, 0.15) is 110 Å². The van der Waals surface area contributed by atoms with Crippen LogP contribution in [0.2, 0.25) is 0 Å². The predicted octanol–water partition coefficient (Wildman–Crippen LogP) is 19.6. The molecule has 0 radical (unpaired) electrons. The van der Waals surface area contributed by atoms with Crippen LogP contribution in [-0.2, 0) is 28.8 Å². The maximum atomic E-state index is 4.02. The van der Waals surface area contributed by atoms with E-state index >= 15 is 0 Å². The molecule has 0 aliphatic heterocycles. The number of hydrogen-bond acceptors (Lipinski definition) is 2. The molecule has 1 fully saturated rings. The van der Waals surface area contributed by atoms with Crippen molar-refractivity contribution in [3.05, 3.63) is 335 Å². The number of hydrogen-bond donors (Lipinski definition) is 0. The fourth-order valence-corrected chi connectivity index (χ4v) is 21.9. The summed E-state index contributed by atoms with van der Waals surface area (Å²) in [6, 6.07) is 81.9. The molecule has 0 N–H and O–H groups in total. The van der Waals surface area contributed by atoms with Crippen LogP contribution >= 0.6 is 29.9 Å². The molecule has 401 valence electrons. The summed E-state index contributed by atoms with van der Waals surface area (Å²) in [5.41, 5.74) is 21.1. The molecule has 0 bridgehead atoms. The first-order chi connectivity index (χ1) is 40.1. The van der Waals surface area contributed by atoms with E-state index in [1.165, 1.54) is 135 Å². The SMILES string of the molecule is CC=C1CCCC1=CC(/C=C/c1cc2c(s1)-c1cc3c(cc1C2(c1ccc(C)cc1)c1ccc(C)cc1)-c1sc(/C=C/C)cc1C3(c1ccc(C)cc1)c1ccc(C)cc1)=C([C]#[Os])[P+](c1ccccc1)(c1ccccc1)c1ccccc1. The first-order valence-electron chi connectivity index (χ1n) is 28.7. The van der Waals surface area contributed by atoms with Crippen molar-refractivity contribution in [3.63, 3.8) is 0 Å². The predicted molar refractivity (Wildman–Crippen MR) is 351 cm³/mol. The Morgan fingerprint density at radius 2 is 0.841 bits per heavy atom. The number of thiophene rings is 2. The van der Waals surface area contributed by atoms with Gasteiger partial charge in [0, 0.05) is 9.75 Å². The number of rotatable bonds is 12. The van der Waals surface area contributed by atoms with E-state index in [4.69, 9.17) is 0 Å². The first-order valence-corrected chi connectivity index (χ1v) is 33.4. The number of fused-ring (bicyclic) bond motifs is 6. The van der Waals surface area contributed by atoms with Crippen LogP contribution in [0, 0.1) is 32.1 Å². The molecule has 0 spiro atoms. The fourth-order valence-electron chi connectivity index (χ4n) is 13.7. The van der Waals surface area contributed by atoms with Gasteiger partial charge in [0.15, 0.2) is 0 Å². The normalized spacial score (nSPS) is 16.1. The molecule has 0 amide bonds. The Balaban J connectivity index is 1.11. The second-order valence-corrected chi connectivity index (χ2v) is 28.6. The molecule has 3 aliphatic carbocycles. The van der Waals surface area contributed by atoms with Crippen LogP contribution in [-0.4, -0.2) is 0 Å². The summed E-state index contributed by atoms with van der Waals surface area (Å²) in [6.45, 7) is 13.2. The molecule has 10 aromatic rings. The van der Waals surface area contributed by atoms with Crippen LogP contribution in [0.3, 0.4) is 0 Å². The Morgan fingerprint density at radius 1 is 0.463 bits per heavy atom. The summed E-state index contributed by atoms with van der Waals surface area (Å²) < 4.78 is 4.02. The molecular weight excluding hydrogens is 1220 g/mol. The van der Waals surface area contributed by atoms with Crippen molar-refractivity contribution in [2.24, 2.45) is 0 Å². The van der Waals surface area contributed by atoms with Gasteiger partial charge in [-0.3, -0.25) is 0 Å². The summed E-state index contributed by atoms with van der Waals surface area (Å²) in [5.74, 6) is 0. The van der Waals surface area contributed by atoms with Crippen molar-refractivity contribution in [3.8, 4) is 25.3 Å². The van der Waals surface area contributed by atoms with E-state index in [0.717, 1.165) is 19.3 Å². The van der Waals surface area contributed by atoms with E-state index < -0.39 is 18.1 Å². The van der Waals surface area contributed by atoms with Gasteiger partial charge in [0.2, 0.25) is 0 Å². The minimum atomic E-state index is -2.52. The molecule has 3 aliphatic rings. The maximum absolute atomic E-state index is 4.02. The molecule has 13 rings (SSSR count). The third kappa shape index (κ3) is 8.75. The first kappa shape index (κ1) is 54.0. The van der Waals surface area contributed by atoms with Crippen LogP contribution in [0.4, 0.5) is 0 Å². The van der Waals surface area contributed by atoms with Crippen molar-refractivity contribution < 1.29 is 17.9 Å². The monoisotopic (exact) mass is 1290 g/mol. The zero-order valence-electron chi connectivity index (χ0n) is 47.4. The van der Waals surface area contributed by atoms with E-state index in [2.05, 4.69) is 295 Å². The average molecular weight is 1290 g/mol. The van der Waals surface area contributed by atoms with Gasteiger partial charge in [0.1, 0.15) is 0 Å². The summed E-state index contributed by atoms with van der Waals surface area (Å²) in [7, 11) is -2.52. The molecular formula is C78H65OsPS2+. The summed E-state index contributed by atoms with van der Waals surface area (Å²) in [4.78, 5) is 5.19. The van der Waals surface area contributed by atoms with E-state index in [1.54, 1.807) is 0 Å². The molecule has 2 heterocycles.